The molecule has 1 saturated heterocycles. The predicted octanol–water partition coefficient (Wildman–Crippen LogP) is 4.93. The third kappa shape index (κ3) is 2.97. The first-order valence-corrected chi connectivity index (χ1v) is 9.53. The molecular formula is C19H24N2S. The summed E-state index contributed by atoms with van der Waals surface area (Å²) in [4.78, 5) is 7.67. The average molecular weight is 312 g/mol. The van der Waals surface area contributed by atoms with E-state index in [4.69, 9.17) is 4.98 Å². The number of likely N-dealkylation sites (tertiary alicyclic amines) is 1. The van der Waals surface area contributed by atoms with Gasteiger partial charge in [0, 0.05) is 22.9 Å². The molecule has 1 aromatic carbocycles. The molecule has 4 rings (SSSR count). The van der Waals surface area contributed by atoms with Gasteiger partial charge in [-0.2, -0.15) is 0 Å². The van der Waals surface area contributed by atoms with Crippen molar-refractivity contribution in [1.82, 2.24) is 9.88 Å². The summed E-state index contributed by atoms with van der Waals surface area (Å²) in [5.41, 5.74) is 2.40. The van der Waals surface area contributed by atoms with Crippen molar-refractivity contribution in [2.45, 2.75) is 50.5 Å². The quantitative estimate of drug-likeness (QED) is 0.798. The Bertz CT molecular complexity index is 593. The maximum atomic E-state index is 4.93. The van der Waals surface area contributed by atoms with E-state index in [1.807, 2.05) is 11.3 Å². The van der Waals surface area contributed by atoms with Crippen LogP contribution in [-0.4, -0.2) is 29.0 Å². The highest BCUT2D eigenvalue weighted by Gasteiger charge is 2.28. The molecule has 3 heteroatoms. The van der Waals surface area contributed by atoms with Crippen molar-refractivity contribution in [3.05, 3.63) is 40.7 Å². The van der Waals surface area contributed by atoms with Gasteiger partial charge in [-0.1, -0.05) is 43.2 Å². The van der Waals surface area contributed by atoms with E-state index >= 15 is 0 Å². The molecule has 1 aromatic heterocycles. The van der Waals surface area contributed by atoms with Crippen molar-refractivity contribution in [2.75, 3.05) is 13.1 Å². The third-order valence-electron chi connectivity index (χ3n) is 5.31. The van der Waals surface area contributed by atoms with E-state index < -0.39 is 0 Å². The lowest BCUT2D eigenvalue weighted by atomic mass is 9.96. The molecule has 1 saturated carbocycles. The number of hydrogen-bond acceptors (Lipinski definition) is 3. The fourth-order valence-electron chi connectivity index (χ4n) is 4.00. The molecule has 2 aliphatic rings. The Hall–Kier alpha value is -1.19. The molecule has 1 aliphatic carbocycles. The summed E-state index contributed by atoms with van der Waals surface area (Å²) in [6.07, 6.45) is 8.33. The van der Waals surface area contributed by atoms with Crippen LogP contribution in [0, 0.1) is 0 Å². The van der Waals surface area contributed by atoms with Gasteiger partial charge in [0.2, 0.25) is 0 Å². The van der Waals surface area contributed by atoms with Crippen LogP contribution < -0.4 is 0 Å². The van der Waals surface area contributed by atoms with E-state index in [2.05, 4.69) is 40.6 Å². The number of piperidine rings is 1. The highest BCUT2D eigenvalue weighted by Crippen LogP contribution is 2.35. The summed E-state index contributed by atoms with van der Waals surface area (Å²) >= 11 is 1.85. The number of hydrogen-bond donors (Lipinski definition) is 0. The SMILES string of the molecule is c1ccc(-c2csc(C3CCN(C4CCCC4)CC3)n2)cc1. The van der Waals surface area contributed by atoms with Gasteiger partial charge >= 0.3 is 0 Å². The summed E-state index contributed by atoms with van der Waals surface area (Å²) in [5, 5.41) is 3.58. The second kappa shape index (κ2) is 6.51. The first kappa shape index (κ1) is 14.4. The normalized spacial score (nSPS) is 21.5. The highest BCUT2D eigenvalue weighted by molar-refractivity contribution is 7.10. The molecule has 0 spiro atoms. The van der Waals surface area contributed by atoms with Crippen LogP contribution in [-0.2, 0) is 0 Å². The number of rotatable bonds is 3. The molecule has 0 atom stereocenters. The van der Waals surface area contributed by atoms with E-state index in [9.17, 15) is 0 Å². The number of benzene rings is 1. The molecule has 0 amide bonds. The average Bonchev–Trinajstić information content (AvgIpc) is 3.28. The minimum atomic E-state index is 0.681. The highest BCUT2D eigenvalue weighted by atomic mass is 32.1. The number of thiazole rings is 1. The van der Waals surface area contributed by atoms with Crippen LogP contribution in [0.1, 0.15) is 49.5 Å². The van der Waals surface area contributed by atoms with Crippen molar-refractivity contribution in [3.8, 4) is 11.3 Å². The largest absolute Gasteiger partial charge is 0.300 e. The lowest BCUT2D eigenvalue weighted by molar-refractivity contribution is 0.154. The predicted molar refractivity (Wildman–Crippen MR) is 93.4 cm³/mol. The molecule has 116 valence electrons. The molecule has 0 N–H and O–H groups in total. The molecule has 0 radical (unpaired) electrons. The second-order valence-corrected chi connectivity index (χ2v) is 7.58. The van der Waals surface area contributed by atoms with E-state index in [1.165, 1.54) is 62.2 Å². The van der Waals surface area contributed by atoms with Gasteiger partial charge in [-0.3, -0.25) is 0 Å². The van der Waals surface area contributed by atoms with E-state index in [0.29, 0.717) is 5.92 Å². The fraction of sp³-hybridized carbons (Fsp3) is 0.526. The van der Waals surface area contributed by atoms with Gasteiger partial charge in [-0.25, -0.2) is 4.98 Å². The van der Waals surface area contributed by atoms with Crippen LogP contribution in [0.5, 0.6) is 0 Å². The lowest BCUT2D eigenvalue weighted by Crippen LogP contribution is -2.39. The zero-order chi connectivity index (χ0) is 14.8. The van der Waals surface area contributed by atoms with Crippen LogP contribution in [0.25, 0.3) is 11.3 Å². The molecule has 2 nitrogen and oxygen atoms in total. The molecule has 22 heavy (non-hydrogen) atoms. The maximum Gasteiger partial charge on any atom is 0.0964 e. The summed E-state index contributed by atoms with van der Waals surface area (Å²) in [5.74, 6) is 0.681. The standard InChI is InChI=1S/C19H24N2S/c1-2-6-15(7-3-1)18-14-22-19(20-18)16-10-12-21(13-11-16)17-8-4-5-9-17/h1-3,6-7,14,16-17H,4-5,8-13H2. The molecule has 0 bridgehead atoms. The zero-order valence-corrected chi connectivity index (χ0v) is 13.9. The summed E-state index contributed by atoms with van der Waals surface area (Å²) in [6.45, 7) is 2.55. The van der Waals surface area contributed by atoms with E-state index in [-0.39, 0.29) is 0 Å². The number of aromatic nitrogens is 1. The Labute approximate surface area is 137 Å². The van der Waals surface area contributed by atoms with Crippen molar-refractivity contribution in [1.29, 1.82) is 0 Å². The van der Waals surface area contributed by atoms with Crippen molar-refractivity contribution in [2.24, 2.45) is 0 Å². The first-order valence-electron chi connectivity index (χ1n) is 8.65. The fourth-order valence-corrected chi connectivity index (χ4v) is 5.00. The second-order valence-electron chi connectivity index (χ2n) is 6.69. The Morgan fingerprint density at radius 2 is 1.68 bits per heavy atom. The lowest BCUT2D eigenvalue weighted by Gasteiger charge is -2.35. The first-order chi connectivity index (χ1) is 10.9. The minimum absolute atomic E-state index is 0.681. The van der Waals surface area contributed by atoms with Gasteiger partial charge in [-0.15, -0.1) is 11.3 Å². The third-order valence-corrected chi connectivity index (χ3v) is 6.32. The summed E-state index contributed by atoms with van der Waals surface area (Å²) in [7, 11) is 0. The van der Waals surface area contributed by atoms with Gasteiger partial charge in [-0.05, 0) is 38.8 Å². The Balaban J connectivity index is 1.40. The van der Waals surface area contributed by atoms with Crippen LogP contribution in [0.3, 0.4) is 0 Å². The molecule has 0 unspecified atom stereocenters. The Morgan fingerprint density at radius 3 is 2.41 bits per heavy atom. The molecule has 2 aromatic rings. The van der Waals surface area contributed by atoms with E-state index in [0.717, 1.165) is 11.7 Å². The smallest absolute Gasteiger partial charge is 0.0964 e. The van der Waals surface area contributed by atoms with Gasteiger partial charge in [0.25, 0.3) is 0 Å². The summed E-state index contributed by atoms with van der Waals surface area (Å²) in [6, 6.07) is 11.4. The Kier molecular flexibility index (Phi) is 4.26. The van der Waals surface area contributed by atoms with Crippen LogP contribution in [0.4, 0.5) is 0 Å². The Morgan fingerprint density at radius 1 is 0.955 bits per heavy atom. The van der Waals surface area contributed by atoms with Crippen molar-refractivity contribution < 1.29 is 0 Å². The van der Waals surface area contributed by atoms with Gasteiger partial charge < -0.3 is 4.90 Å². The maximum absolute atomic E-state index is 4.93. The van der Waals surface area contributed by atoms with Gasteiger partial charge in [0.1, 0.15) is 0 Å². The van der Waals surface area contributed by atoms with Crippen LogP contribution in [0.2, 0.25) is 0 Å². The van der Waals surface area contributed by atoms with E-state index in [1.54, 1.807) is 0 Å². The molecule has 2 heterocycles. The van der Waals surface area contributed by atoms with Gasteiger partial charge in [0.05, 0.1) is 10.7 Å². The number of nitrogens with zero attached hydrogens (tertiary/aromatic N) is 2. The van der Waals surface area contributed by atoms with Crippen LogP contribution in [0.15, 0.2) is 35.7 Å². The minimum Gasteiger partial charge on any atom is -0.300 e. The van der Waals surface area contributed by atoms with Gasteiger partial charge in [0.15, 0.2) is 0 Å². The monoisotopic (exact) mass is 312 g/mol. The van der Waals surface area contributed by atoms with Crippen molar-refractivity contribution >= 4 is 11.3 Å². The van der Waals surface area contributed by atoms with Crippen LogP contribution >= 0.6 is 11.3 Å². The molecule has 2 fully saturated rings. The topological polar surface area (TPSA) is 16.1 Å². The van der Waals surface area contributed by atoms with Crippen molar-refractivity contribution in [3.63, 3.8) is 0 Å². The molecular weight excluding hydrogens is 288 g/mol. The summed E-state index contributed by atoms with van der Waals surface area (Å²) < 4.78 is 0. The zero-order valence-electron chi connectivity index (χ0n) is 13.1. The molecule has 1 aliphatic heterocycles.